The van der Waals surface area contributed by atoms with Crippen LogP contribution < -0.4 is 5.32 Å². The van der Waals surface area contributed by atoms with Gasteiger partial charge in [-0.15, -0.1) is 0 Å². The predicted molar refractivity (Wildman–Crippen MR) is 118 cm³/mol. The first-order valence-electron chi connectivity index (χ1n) is 11.0. The first kappa shape index (κ1) is 20.1. The van der Waals surface area contributed by atoms with E-state index in [2.05, 4.69) is 65.6 Å². The Hall–Kier alpha value is -2.17. The number of carbonyl (C=O) groups excluding carboxylic acids is 1. The van der Waals surface area contributed by atoms with E-state index in [4.69, 9.17) is 0 Å². The van der Waals surface area contributed by atoms with Gasteiger partial charge >= 0.3 is 0 Å². The number of nitrogens with one attached hydrogen (secondary N) is 1. The van der Waals surface area contributed by atoms with E-state index in [0.29, 0.717) is 6.04 Å². The normalized spacial score (nSPS) is 18.6. The number of hydrogen-bond donors (Lipinski definition) is 1. The average Bonchev–Trinajstić information content (AvgIpc) is 3.22. The van der Waals surface area contributed by atoms with Gasteiger partial charge < -0.3 is 15.1 Å². The number of nitrogens with zero attached hydrogens (tertiary/aromatic N) is 2. The standard InChI is InChI=1S/C25H33N3O/c1-27-15-13-23(14-16-27)28(2)18-24(20-7-4-3-5-8-20)26-25(29)22-12-11-19-9-6-10-21(19)17-22/h3-5,7-8,11-12,17,23-24H,6,9-10,13-16,18H2,1-2H3,(H,26,29)/t24-/m0/s1. The van der Waals surface area contributed by atoms with Crippen LogP contribution in [0.4, 0.5) is 0 Å². The number of likely N-dealkylation sites (tertiary alicyclic amines) is 1. The second-order valence-corrected chi connectivity index (χ2v) is 8.75. The molecule has 1 atom stereocenters. The van der Waals surface area contributed by atoms with Crippen LogP contribution in [0.5, 0.6) is 0 Å². The highest BCUT2D eigenvalue weighted by molar-refractivity contribution is 5.94. The van der Waals surface area contributed by atoms with Crippen LogP contribution in [0.2, 0.25) is 0 Å². The molecule has 0 saturated carbocycles. The second-order valence-electron chi connectivity index (χ2n) is 8.75. The number of benzene rings is 2. The highest BCUT2D eigenvalue weighted by Gasteiger charge is 2.25. The topological polar surface area (TPSA) is 35.6 Å². The van der Waals surface area contributed by atoms with Gasteiger partial charge in [-0.25, -0.2) is 0 Å². The van der Waals surface area contributed by atoms with Gasteiger partial charge in [-0.05, 0) is 88.1 Å². The number of aryl methyl sites for hydroxylation is 2. The molecule has 1 saturated heterocycles. The zero-order chi connectivity index (χ0) is 20.2. The minimum Gasteiger partial charge on any atom is -0.344 e. The molecule has 1 aliphatic heterocycles. The number of likely N-dealkylation sites (N-methyl/N-ethyl adjacent to an activating group) is 1. The van der Waals surface area contributed by atoms with Crippen molar-refractivity contribution in [2.24, 2.45) is 0 Å². The highest BCUT2D eigenvalue weighted by Crippen LogP contribution is 2.24. The molecule has 0 unspecified atom stereocenters. The number of hydrogen-bond acceptors (Lipinski definition) is 3. The van der Waals surface area contributed by atoms with Crippen molar-refractivity contribution in [3.63, 3.8) is 0 Å². The summed E-state index contributed by atoms with van der Waals surface area (Å²) in [4.78, 5) is 17.9. The monoisotopic (exact) mass is 391 g/mol. The van der Waals surface area contributed by atoms with Gasteiger partial charge in [0.25, 0.3) is 5.91 Å². The van der Waals surface area contributed by atoms with Crippen molar-refractivity contribution in [1.29, 1.82) is 0 Å². The molecule has 1 amide bonds. The number of amides is 1. The number of rotatable bonds is 6. The van der Waals surface area contributed by atoms with Crippen LogP contribution in [0.25, 0.3) is 0 Å². The molecule has 4 rings (SSSR count). The van der Waals surface area contributed by atoms with Crippen LogP contribution in [-0.2, 0) is 12.8 Å². The third-order valence-corrected chi connectivity index (χ3v) is 6.65. The molecule has 2 aromatic rings. The molecule has 2 aliphatic rings. The van der Waals surface area contributed by atoms with E-state index >= 15 is 0 Å². The van der Waals surface area contributed by atoms with Gasteiger partial charge in [0.05, 0.1) is 6.04 Å². The van der Waals surface area contributed by atoms with Gasteiger partial charge in [0.1, 0.15) is 0 Å². The Morgan fingerprint density at radius 1 is 1.10 bits per heavy atom. The van der Waals surface area contributed by atoms with Crippen molar-refractivity contribution >= 4 is 5.91 Å². The zero-order valence-corrected chi connectivity index (χ0v) is 17.7. The summed E-state index contributed by atoms with van der Waals surface area (Å²) >= 11 is 0. The maximum Gasteiger partial charge on any atom is 0.251 e. The molecule has 4 nitrogen and oxygen atoms in total. The molecule has 1 heterocycles. The lowest BCUT2D eigenvalue weighted by molar-refractivity contribution is 0.0905. The Balaban J connectivity index is 1.48. The summed E-state index contributed by atoms with van der Waals surface area (Å²) in [6.07, 6.45) is 5.82. The van der Waals surface area contributed by atoms with Crippen molar-refractivity contribution in [3.05, 3.63) is 70.8 Å². The smallest absolute Gasteiger partial charge is 0.251 e. The van der Waals surface area contributed by atoms with Gasteiger partial charge in [0.15, 0.2) is 0 Å². The molecule has 1 aliphatic carbocycles. The van der Waals surface area contributed by atoms with E-state index < -0.39 is 0 Å². The van der Waals surface area contributed by atoms with E-state index in [1.54, 1.807) is 0 Å². The van der Waals surface area contributed by atoms with Crippen LogP contribution in [0.15, 0.2) is 48.5 Å². The van der Waals surface area contributed by atoms with Crippen molar-refractivity contribution < 1.29 is 4.79 Å². The molecule has 4 heteroatoms. The van der Waals surface area contributed by atoms with Crippen LogP contribution in [0.3, 0.4) is 0 Å². The lowest BCUT2D eigenvalue weighted by Gasteiger charge is -2.37. The summed E-state index contributed by atoms with van der Waals surface area (Å²) < 4.78 is 0. The SMILES string of the molecule is CN1CCC(N(C)C[C@H](NC(=O)c2ccc3c(c2)CCC3)c2ccccc2)CC1. The largest absolute Gasteiger partial charge is 0.344 e. The summed E-state index contributed by atoms with van der Waals surface area (Å²) in [6.45, 7) is 3.12. The molecular formula is C25H33N3O. The fraction of sp³-hybridized carbons (Fsp3) is 0.480. The van der Waals surface area contributed by atoms with Crippen molar-refractivity contribution in [2.75, 3.05) is 33.7 Å². The van der Waals surface area contributed by atoms with Gasteiger partial charge in [-0.3, -0.25) is 4.79 Å². The summed E-state index contributed by atoms with van der Waals surface area (Å²) in [6, 6.07) is 17.2. The quantitative estimate of drug-likeness (QED) is 0.816. The van der Waals surface area contributed by atoms with Gasteiger partial charge in [0, 0.05) is 18.2 Å². The summed E-state index contributed by atoms with van der Waals surface area (Å²) in [5, 5.41) is 3.33. The molecule has 29 heavy (non-hydrogen) atoms. The zero-order valence-electron chi connectivity index (χ0n) is 17.7. The number of carbonyl (C=O) groups is 1. The first-order valence-corrected chi connectivity index (χ1v) is 11.0. The van der Waals surface area contributed by atoms with Crippen molar-refractivity contribution in [2.45, 2.75) is 44.2 Å². The molecule has 0 spiro atoms. The summed E-state index contributed by atoms with van der Waals surface area (Å²) in [5.74, 6) is 0.0327. The Bertz CT molecular complexity index is 827. The maximum absolute atomic E-state index is 13.1. The Morgan fingerprint density at radius 2 is 1.83 bits per heavy atom. The molecule has 1 N–H and O–H groups in total. The van der Waals surface area contributed by atoms with Crippen LogP contribution in [0.1, 0.15) is 52.4 Å². The number of piperidine rings is 1. The van der Waals surface area contributed by atoms with Gasteiger partial charge in [0.2, 0.25) is 0 Å². The molecule has 1 fully saturated rings. The third-order valence-electron chi connectivity index (χ3n) is 6.65. The second kappa shape index (κ2) is 9.10. The van der Waals surface area contributed by atoms with Crippen LogP contribution >= 0.6 is 0 Å². The molecule has 0 radical (unpaired) electrons. The lowest BCUT2D eigenvalue weighted by Crippen LogP contribution is -2.45. The lowest BCUT2D eigenvalue weighted by atomic mass is 10.0. The summed E-state index contributed by atoms with van der Waals surface area (Å²) in [5.41, 5.74) is 4.70. The fourth-order valence-electron chi connectivity index (χ4n) is 4.75. The predicted octanol–water partition coefficient (Wildman–Crippen LogP) is 3.67. The van der Waals surface area contributed by atoms with E-state index in [1.807, 2.05) is 12.1 Å². The van der Waals surface area contributed by atoms with E-state index in [-0.39, 0.29) is 11.9 Å². The minimum absolute atomic E-state index is 0.0124. The Labute approximate surface area is 174 Å². The molecule has 154 valence electrons. The average molecular weight is 392 g/mol. The number of fused-ring (bicyclic) bond motifs is 1. The fourth-order valence-corrected chi connectivity index (χ4v) is 4.75. The van der Waals surface area contributed by atoms with E-state index in [1.165, 1.54) is 36.0 Å². The van der Waals surface area contributed by atoms with E-state index in [9.17, 15) is 4.79 Å². The highest BCUT2D eigenvalue weighted by atomic mass is 16.1. The van der Waals surface area contributed by atoms with Crippen LogP contribution in [-0.4, -0.2) is 55.5 Å². The Morgan fingerprint density at radius 3 is 2.59 bits per heavy atom. The van der Waals surface area contributed by atoms with Crippen molar-refractivity contribution in [3.8, 4) is 0 Å². The Kier molecular flexibility index (Phi) is 6.31. The first-order chi connectivity index (χ1) is 14.1. The van der Waals surface area contributed by atoms with Gasteiger partial charge in [-0.2, -0.15) is 0 Å². The maximum atomic E-state index is 13.1. The summed E-state index contributed by atoms with van der Waals surface area (Å²) in [7, 11) is 4.40. The molecular weight excluding hydrogens is 358 g/mol. The van der Waals surface area contributed by atoms with E-state index in [0.717, 1.165) is 38.0 Å². The van der Waals surface area contributed by atoms with Crippen molar-refractivity contribution in [1.82, 2.24) is 15.1 Å². The van der Waals surface area contributed by atoms with Gasteiger partial charge in [-0.1, -0.05) is 36.4 Å². The molecule has 0 bridgehead atoms. The minimum atomic E-state index is -0.0124. The third kappa shape index (κ3) is 4.88. The van der Waals surface area contributed by atoms with Crippen LogP contribution in [0, 0.1) is 0 Å². The molecule has 0 aromatic heterocycles. The molecule has 2 aromatic carbocycles.